The van der Waals surface area contributed by atoms with Gasteiger partial charge in [-0.25, -0.2) is 0 Å². The lowest BCUT2D eigenvalue weighted by Crippen LogP contribution is -2.46. The van der Waals surface area contributed by atoms with Gasteiger partial charge in [-0.1, -0.05) is 17.7 Å². The average molecular weight is 347 g/mol. The van der Waals surface area contributed by atoms with E-state index >= 15 is 0 Å². The molecule has 3 aliphatic rings. The minimum absolute atomic E-state index is 0.0210. The van der Waals surface area contributed by atoms with Crippen LogP contribution < -0.4 is 0 Å². The maximum Gasteiger partial charge on any atom is 0.253 e. The number of piperidine rings is 1. The Morgan fingerprint density at radius 1 is 1.17 bits per heavy atom. The van der Waals surface area contributed by atoms with E-state index in [0.717, 1.165) is 38.3 Å². The van der Waals surface area contributed by atoms with Crippen LogP contribution in [0.4, 0.5) is 0 Å². The van der Waals surface area contributed by atoms with Gasteiger partial charge in [0.15, 0.2) is 0 Å². The molecule has 2 aliphatic heterocycles. The van der Waals surface area contributed by atoms with Crippen molar-refractivity contribution in [3.05, 3.63) is 34.9 Å². The first-order chi connectivity index (χ1) is 11.6. The largest absolute Gasteiger partial charge is 0.342 e. The number of amides is 2. The van der Waals surface area contributed by atoms with Crippen molar-refractivity contribution in [2.24, 2.45) is 11.3 Å². The highest BCUT2D eigenvalue weighted by Gasteiger charge is 2.49. The molecule has 4 nitrogen and oxygen atoms in total. The fraction of sp³-hybridized carbons (Fsp3) is 0.579. The summed E-state index contributed by atoms with van der Waals surface area (Å²) in [6.45, 7) is 3.17. The quantitative estimate of drug-likeness (QED) is 0.843. The summed E-state index contributed by atoms with van der Waals surface area (Å²) < 4.78 is 0. The van der Waals surface area contributed by atoms with Gasteiger partial charge in [0.2, 0.25) is 5.91 Å². The molecular weight excluding hydrogens is 324 g/mol. The van der Waals surface area contributed by atoms with Gasteiger partial charge < -0.3 is 9.80 Å². The zero-order valence-electron chi connectivity index (χ0n) is 13.8. The first kappa shape index (κ1) is 15.9. The molecule has 0 N–H and O–H groups in total. The molecule has 1 aliphatic carbocycles. The van der Waals surface area contributed by atoms with E-state index < -0.39 is 0 Å². The van der Waals surface area contributed by atoms with Crippen molar-refractivity contribution < 1.29 is 9.59 Å². The minimum Gasteiger partial charge on any atom is -0.342 e. The van der Waals surface area contributed by atoms with Gasteiger partial charge in [0.25, 0.3) is 5.91 Å². The summed E-state index contributed by atoms with van der Waals surface area (Å²) in [5, 5.41) is 0.580. The lowest BCUT2D eigenvalue weighted by atomic mass is 9.77. The SMILES string of the molecule is O=C(c1cccc(Cl)c1)N1CCC2(CC1)CCN(CC1CC1)C2=O. The summed E-state index contributed by atoms with van der Waals surface area (Å²) in [5.74, 6) is 1.10. The fourth-order valence-corrected chi connectivity index (χ4v) is 4.28. The molecule has 128 valence electrons. The summed E-state index contributed by atoms with van der Waals surface area (Å²) >= 11 is 5.99. The lowest BCUT2D eigenvalue weighted by molar-refractivity contribution is -0.138. The van der Waals surface area contributed by atoms with E-state index in [0.29, 0.717) is 29.6 Å². The molecule has 0 bridgehead atoms. The van der Waals surface area contributed by atoms with Crippen LogP contribution in [0, 0.1) is 11.3 Å². The van der Waals surface area contributed by atoms with Crippen LogP contribution in [0.5, 0.6) is 0 Å². The van der Waals surface area contributed by atoms with E-state index in [-0.39, 0.29) is 11.3 Å². The van der Waals surface area contributed by atoms with Gasteiger partial charge in [-0.3, -0.25) is 9.59 Å². The molecule has 0 atom stereocenters. The van der Waals surface area contributed by atoms with E-state index in [9.17, 15) is 9.59 Å². The lowest BCUT2D eigenvalue weighted by Gasteiger charge is -2.38. The van der Waals surface area contributed by atoms with Gasteiger partial charge in [-0.05, 0) is 56.2 Å². The number of rotatable bonds is 3. The molecule has 5 heteroatoms. The number of hydrogen-bond acceptors (Lipinski definition) is 2. The first-order valence-corrected chi connectivity index (χ1v) is 9.29. The topological polar surface area (TPSA) is 40.6 Å². The maximum absolute atomic E-state index is 12.8. The molecule has 0 radical (unpaired) electrons. The molecule has 1 saturated carbocycles. The molecule has 0 aromatic heterocycles. The Balaban J connectivity index is 1.39. The molecule has 1 aromatic carbocycles. The zero-order chi connectivity index (χ0) is 16.7. The van der Waals surface area contributed by atoms with Crippen LogP contribution in [0.3, 0.4) is 0 Å². The highest BCUT2D eigenvalue weighted by atomic mass is 35.5. The van der Waals surface area contributed by atoms with Crippen LogP contribution in [0.15, 0.2) is 24.3 Å². The van der Waals surface area contributed by atoms with Crippen LogP contribution in [0.2, 0.25) is 5.02 Å². The Hall–Kier alpha value is -1.55. The monoisotopic (exact) mass is 346 g/mol. The van der Waals surface area contributed by atoms with Crippen molar-refractivity contribution in [2.75, 3.05) is 26.2 Å². The van der Waals surface area contributed by atoms with E-state index in [1.165, 1.54) is 12.8 Å². The predicted molar refractivity (Wildman–Crippen MR) is 92.9 cm³/mol. The van der Waals surface area contributed by atoms with Crippen molar-refractivity contribution >= 4 is 23.4 Å². The molecular formula is C19H23ClN2O2. The van der Waals surface area contributed by atoms with E-state index in [1.807, 2.05) is 4.90 Å². The second kappa shape index (κ2) is 6.07. The van der Waals surface area contributed by atoms with Crippen molar-refractivity contribution in [3.8, 4) is 0 Å². The van der Waals surface area contributed by atoms with E-state index in [2.05, 4.69) is 4.90 Å². The van der Waals surface area contributed by atoms with E-state index in [1.54, 1.807) is 24.3 Å². The van der Waals surface area contributed by atoms with Gasteiger partial charge >= 0.3 is 0 Å². The predicted octanol–water partition coefficient (Wildman–Crippen LogP) is 3.20. The molecule has 3 fully saturated rings. The maximum atomic E-state index is 12.8. The third-order valence-electron chi connectivity index (χ3n) is 5.86. The van der Waals surface area contributed by atoms with Gasteiger partial charge in [-0.2, -0.15) is 0 Å². The van der Waals surface area contributed by atoms with Crippen LogP contribution in [0.1, 0.15) is 42.5 Å². The smallest absolute Gasteiger partial charge is 0.253 e. The molecule has 1 spiro atoms. The van der Waals surface area contributed by atoms with Crippen molar-refractivity contribution in [1.29, 1.82) is 0 Å². The summed E-state index contributed by atoms with van der Waals surface area (Å²) in [6.07, 6.45) is 5.09. The van der Waals surface area contributed by atoms with Crippen LogP contribution in [-0.2, 0) is 4.79 Å². The third kappa shape index (κ3) is 2.92. The number of benzene rings is 1. The number of carbonyl (C=O) groups is 2. The Morgan fingerprint density at radius 3 is 2.54 bits per heavy atom. The standard InChI is InChI=1S/C19H23ClN2O2/c20-16-3-1-2-15(12-16)17(23)21-9-6-19(7-10-21)8-11-22(18(19)24)13-14-4-5-14/h1-3,12,14H,4-11,13H2. The Labute approximate surface area is 147 Å². The molecule has 4 rings (SSSR count). The molecule has 0 unspecified atom stereocenters. The normalized spacial score (nSPS) is 23.1. The van der Waals surface area contributed by atoms with Crippen molar-refractivity contribution in [3.63, 3.8) is 0 Å². The van der Waals surface area contributed by atoms with Crippen LogP contribution in [0.25, 0.3) is 0 Å². The second-order valence-electron chi connectivity index (χ2n) is 7.53. The molecule has 2 saturated heterocycles. The Kier molecular flexibility index (Phi) is 4.03. The summed E-state index contributed by atoms with van der Waals surface area (Å²) in [7, 11) is 0. The van der Waals surface area contributed by atoms with Gasteiger partial charge in [0, 0.05) is 36.8 Å². The number of halogens is 1. The van der Waals surface area contributed by atoms with E-state index in [4.69, 9.17) is 11.6 Å². The molecule has 2 amide bonds. The molecule has 1 aromatic rings. The van der Waals surface area contributed by atoms with Crippen LogP contribution in [-0.4, -0.2) is 47.8 Å². The highest BCUT2D eigenvalue weighted by Crippen LogP contribution is 2.43. The number of likely N-dealkylation sites (tertiary alicyclic amines) is 2. The van der Waals surface area contributed by atoms with Crippen molar-refractivity contribution in [1.82, 2.24) is 9.80 Å². The summed E-state index contributed by atoms with van der Waals surface area (Å²) in [5.41, 5.74) is 0.423. The number of carbonyl (C=O) groups excluding carboxylic acids is 2. The highest BCUT2D eigenvalue weighted by molar-refractivity contribution is 6.30. The van der Waals surface area contributed by atoms with Gasteiger partial charge in [-0.15, -0.1) is 0 Å². The summed E-state index contributed by atoms with van der Waals surface area (Å²) in [4.78, 5) is 29.4. The number of nitrogens with zero attached hydrogens (tertiary/aromatic N) is 2. The van der Waals surface area contributed by atoms with Crippen molar-refractivity contribution in [2.45, 2.75) is 32.1 Å². The number of hydrogen-bond donors (Lipinski definition) is 0. The Bertz CT molecular complexity index is 663. The fourth-order valence-electron chi connectivity index (χ4n) is 4.08. The second-order valence-corrected chi connectivity index (χ2v) is 7.96. The van der Waals surface area contributed by atoms with Gasteiger partial charge in [0.1, 0.15) is 0 Å². The molecule has 2 heterocycles. The van der Waals surface area contributed by atoms with Gasteiger partial charge in [0.05, 0.1) is 5.41 Å². The average Bonchev–Trinajstić information content (AvgIpc) is 3.37. The van der Waals surface area contributed by atoms with Crippen LogP contribution >= 0.6 is 11.6 Å². The summed E-state index contributed by atoms with van der Waals surface area (Å²) in [6, 6.07) is 7.09. The third-order valence-corrected chi connectivity index (χ3v) is 6.09. The molecule has 24 heavy (non-hydrogen) atoms. The minimum atomic E-state index is -0.208. The first-order valence-electron chi connectivity index (χ1n) is 8.92. The Morgan fingerprint density at radius 2 is 1.88 bits per heavy atom. The zero-order valence-corrected chi connectivity index (χ0v) is 14.6.